The van der Waals surface area contributed by atoms with Gasteiger partial charge in [-0.3, -0.25) is 0 Å². The molecule has 1 aliphatic rings. The predicted octanol–water partition coefficient (Wildman–Crippen LogP) is 2.20. The Balaban J connectivity index is 2.22. The lowest BCUT2D eigenvalue weighted by Gasteiger charge is -2.28. The maximum atomic E-state index is 5.56. The molecule has 0 radical (unpaired) electrons. The third-order valence-corrected chi connectivity index (χ3v) is 3.61. The topological polar surface area (TPSA) is 30.5 Å². The van der Waals surface area contributed by atoms with Gasteiger partial charge >= 0.3 is 0 Å². The van der Waals surface area contributed by atoms with Gasteiger partial charge in [0.2, 0.25) is 0 Å². The molecular formula is C13H27NO2. The maximum Gasteiger partial charge on any atom is 0.0637 e. The zero-order chi connectivity index (χ0) is 12.2. The van der Waals surface area contributed by atoms with E-state index in [0.717, 1.165) is 19.6 Å². The van der Waals surface area contributed by atoms with E-state index in [1.54, 1.807) is 7.11 Å². The summed E-state index contributed by atoms with van der Waals surface area (Å²) in [5, 5.41) is 3.59. The van der Waals surface area contributed by atoms with Gasteiger partial charge in [-0.15, -0.1) is 0 Å². The van der Waals surface area contributed by atoms with E-state index in [1.807, 2.05) is 0 Å². The van der Waals surface area contributed by atoms with E-state index in [0.29, 0.717) is 18.1 Å². The molecule has 3 nitrogen and oxygen atoms in total. The molecule has 3 heteroatoms. The Morgan fingerprint density at radius 3 is 2.69 bits per heavy atom. The molecular weight excluding hydrogens is 202 g/mol. The molecule has 0 aromatic heterocycles. The van der Waals surface area contributed by atoms with Crippen LogP contribution in [0.15, 0.2) is 0 Å². The van der Waals surface area contributed by atoms with Crippen LogP contribution in [-0.2, 0) is 9.47 Å². The smallest absolute Gasteiger partial charge is 0.0637 e. The first-order chi connectivity index (χ1) is 7.44. The van der Waals surface area contributed by atoms with Gasteiger partial charge in [0.05, 0.1) is 11.7 Å². The molecule has 0 spiro atoms. The molecule has 0 saturated carbocycles. The molecule has 1 saturated heterocycles. The lowest BCUT2D eigenvalue weighted by Crippen LogP contribution is -2.38. The van der Waals surface area contributed by atoms with Crippen molar-refractivity contribution in [2.24, 2.45) is 5.92 Å². The summed E-state index contributed by atoms with van der Waals surface area (Å²) < 4.78 is 11.0. The van der Waals surface area contributed by atoms with Crippen LogP contribution < -0.4 is 5.32 Å². The number of methoxy groups -OCH3 is 1. The van der Waals surface area contributed by atoms with E-state index in [2.05, 4.69) is 33.0 Å². The Hall–Kier alpha value is -0.120. The Morgan fingerprint density at radius 1 is 1.50 bits per heavy atom. The molecule has 96 valence electrons. The second-order valence-corrected chi connectivity index (χ2v) is 5.60. The summed E-state index contributed by atoms with van der Waals surface area (Å²) in [6.07, 6.45) is 2.63. The molecule has 16 heavy (non-hydrogen) atoms. The molecule has 1 heterocycles. The summed E-state index contributed by atoms with van der Waals surface area (Å²) in [5.41, 5.74) is -0.0375. The largest absolute Gasteiger partial charge is 0.379 e. The fraction of sp³-hybridized carbons (Fsp3) is 1.00. The first-order valence-electron chi connectivity index (χ1n) is 6.35. The van der Waals surface area contributed by atoms with Crippen molar-refractivity contribution in [3.8, 4) is 0 Å². The summed E-state index contributed by atoms with van der Waals surface area (Å²) in [6.45, 7) is 10.6. The maximum absolute atomic E-state index is 5.56. The minimum atomic E-state index is -0.0375. The number of nitrogens with one attached hydrogen (secondary N) is 1. The van der Waals surface area contributed by atoms with E-state index < -0.39 is 0 Å². The average molecular weight is 229 g/mol. The van der Waals surface area contributed by atoms with Gasteiger partial charge in [0.15, 0.2) is 0 Å². The van der Waals surface area contributed by atoms with Crippen molar-refractivity contribution < 1.29 is 9.47 Å². The SMILES string of the molecule is COC(C)(C)CC(C)NCC1CCOC1C. The first-order valence-corrected chi connectivity index (χ1v) is 6.35. The van der Waals surface area contributed by atoms with Gasteiger partial charge in [0.1, 0.15) is 0 Å². The third kappa shape index (κ3) is 4.40. The molecule has 0 aromatic rings. The van der Waals surface area contributed by atoms with E-state index in [-0.39, 0.29) is 5.60 Å². The number of ether oxygens (including phenoxy) is 2. The molecule has 3 atom stereocenters. The Kier molecular flexibility index (Phi) is 5.22. The highest BCUT2D eigenvalue weighted by Gasteiger charge is 2.25. The van der Waals surface area contributed by atoms with Crippen molar-refractivity contribution in [3.63, 3.8) is 0 Å². The van der Waals surface area contributed by atoms with Crippen molar-refractivity contribution in [1.82, 2.24) is 5.32 Å². The number of hydrogen-bond donors (Lipinski definition) is 1. The molecule has 1 fully saturated rings. The van der Waals surface area contributed by atoms with Gasteiger partial charge in [0, 0.05) is 26.3 Å². The van der Waals surface area contributed by atoms with E-state index >= 15 is 0 Å². The average Bonchev–Trinajstić information content (AvgIpc) is 2.60. The third-order valence-electron chi connectivity index (χ3n) is 3.61. The molecule has 1 aliphatic heterocycles. The summed E-state index contributed by atoms with van der Waals surface area (Å²) in [6, 6.07) is 0.489. The highest BCUT2D eigenvalue weighted by atomic mass is 16.5. The molecule has 3 unspecified atom stereocenters. The highest BCUT2D eigenvalue weighted by Crippen LogP contribution is 2.20. The van der Waals surface area contributed by atoms with Crippen molar-refractivity contribution in [2.45, 2.75) is 58.3 Å². The van der Waals surface area contributed by atoms with Gasteiger partial charge in [-0.05, 0) is 46.5 Å². The zero-order valence-electron chi connectivity index (χ0n) is 11.4. The predicted molar refractivity (Wildman–Crippen MR) is 66.7 cm³/mol. The molecule has 1 rings (SSSR count). The molecule has 0 aromatic carbocycles. The second-order valence-electron chi connectivity index (χ2n) is 5.60. The van der Waals surface area contributed by atoms with E-state index in [1.165, 1.54) is 6.42 Å². The monoisotopic (exact) mass is 229 g/mol. The van der Waals surface area contributed by atoms with Crippen LogP contribution in [0, 0.1) is 5.92 Å². The molecule has 1 N–H and O–H groups in total. The summed E-state index contributed by atoms with van der Waals surface area (Å²) in [5.74, 6) is 0.674. The molecule has 0 amide bonds. The van der Waals surface area contributed by atoms with Crippen molar-refractivity contribution in [1.29, 1.82) is 0 Å². The van der Waals surface area contributed by atoms with Gasteiger partial charge in [-0.2, -0.15) is 0 Å². The summed E-state index contributed by atoms with van der Waals surface area (Å²) in [7, 11) is 1.78. The van der Waals surface area contributed by atoms with Gasteiger partial charge in [-0.1, -0.05) is 0 Å². The van der Waals surface area contributed by atoms with Crippen LogP contribution in [0.4, 0.5) is 0 Å². The number of rotatable bonds is 6. The minimum absolute atomic E-state index is 0.0375. The molecule has 0 bridgehead atoms. The number of hydrogen-bond acceptors (Lipinski definition) is 3. The normalized spacial score (nSPS) is 28.3. The fourth-order valence-corrected chi connectivity index (χ4v) is 2.29. The van der Waals surface area contributed by atoms with Crippen LogP contribution in [0.3, 0.4) is 0 Å². The van der Waals surface area contributed by atoms with Crippen LogP contribution in [-0.4, -0.2) is 38.0 Å². The van der Waals surface area contributed by atoms with Crippen LogP contribution in [0.1, 0.15) is 40.5 Å². The lowest BCUT2D eigenvalue weighted by molar-refractivity contribution is 0.00803. The van der Waals surface area contributed by atoms with Crippen molar-refractivity contribution in [2.75, 3.05) is 20.3 Å². The second kappa shape index (κ2) is 5.99. The first kappa shape index (κ1) is 13.9. The van der Waals surface area contributed by atoms with Gasteiger partial charge in [-0.25, -0.2) is 0 Å². The van der Waals surface area contributed by atoms with Crippen molar-refractivity contribution in [3.05, 3.63) is 0 Å². The summed E-state index contributed by atoms with van der Waals surface area (Å²) >= 11 is 0. The zero-order valence-corrected chi connectivity index (χ0v) is 11.4. The van der Waals surface area contributed by atoms with Crippen LogP contribution >= 0.6 is 0 Å². The quantitative estimate of drug-likeness (QED) is 0.757. The molecule has 0 aliphatic carbocycles. The fourth-order valence-electron chi connectivity index (χ4n) is 2.29. The Morgan fingerprint density at radius 2 is 2.19 bits per heavy atom. The van der Waals surface area contributed by atoms with Crippen LogP contribution in [0.5, 0.6) is 0 Å². The lowest BCUT2D eigenvalue weighted by atomic mass is 9.98. The van der Waals surface area contributed by atoms with Gasteiger partial charge < -0.3 is 14.8 Å². The standard InChI is InChI=1S/C13H27NO2/c1-10(8-13(3,4)15-5)14-9-12-6-7-16-11(12)2/h10-12,14H,6-9H2,1-5H3. The Labute approximate surface area is 99.9 Å². The van der Waals surface area contributed by atoms with Gasteiger partial charge in [0.25, 0.3) is 0 Å². The van der Waals surface area contributed by atoms with E-state index in [9.17, 15) is 0 Å². The van der Waals surface area contributed by atoms with Crippen LogP contribution in [0.25, 0.3) is 0 Å². The highest BCUT2D eigenvalue weighted by molar-refractivity contribution is 4.79. The van der Waals surface area contributed by atoms with Crippen LogP contribution in [0.2, 0.25) is 0 Å². The summed E-state index contributed by atoms with van der Waals surface area (Å²) in [4.78, 5) is 0. The van der Waals surface area contributed by atoms with Crippen molar-refractivity contribution >= 4 is 0 Å². The Bertz CT molecular complexity index is 206. The minimum Gasteiger partial charge on any atom is -0.379 e. The van der Waals surface area contributed by atoms with E-state index in [4.69, 9.17) is 9.47 Å².